The lowest BCUT2D eigenvalue weighted by atomic mass is 9.97. The standard InChI is InChI=1S/C30H21ClN2O4S2/c1-32-29-23(14-15-38-29)27-22-8-3-4-9-26(22)33(39(35,36)21-12-10-20(31)11-13-21)28(27)19-7-5-6-18(16-19)24-17-25(24)30(34)37-2/h3-16,24-25H,17H2,2H3. The molecule has 1 aliphatic carbocycles. The molecule has 194 valence electrons. The smallest absolute Gasteiger partial charge is 0.309 e. The zero-order chi connectivity index (χ0) is 27.3. The van der Waals surface area contributed by atoms with Crippen molar-refractivity contribution in [2.75, 3.05) is 7.11 Å². The number of ether oxygens (including phenoxy) is 1. The number of methoxy groups -OCH3 is 1. The number of carbonyl (C=O) groups is 1. The second-order valence-corrected chi connectivity index (χ2v) is 12.4. The number of hydrogen-bond acceptors (Lipinski definition) is 5. The third kappa shape index (κ3) is 4.23. The van der Waals surface area contributed by atoms with Crippen LogP contribution in [0.5, 0.6) is 0 Å². The normalized spacial score (nSPS) is 16.6. The van der Waals surface area contributed by atoms with Gasteiger partial charge in [0.15, 0.2) is 0 Å². The molecule has 0 N–H and O–H groups in total. The van der Waals surface area contributed by atoms with E-state index in [1.807, 2.05) is 47.8 Å². The fourth-order valence-electron chi connectivity index (χ4n) is 5.18. The van der Waals surface area contributed by atoms with Crippen molar-refractivity contribution in [2.24, 2.45) is 5.92 Å². The molecule has 1 fully saturated rings. The average molecular weight is 573 g/mol. The van der Waals surface area contributed by atoms with E-state index in [0.717, 1.165) is 10.9 Å². The summed E-state index contributed by atoms with van der Waals surface area (Å²) in [5.41, 5.74) is 3.93. The van der Waals surface area contributed by atoms with Gasteiger partial charge in [-0.2, -0.15) is 11.3 Å². The topological polar surface area (TPSA) is 69.7 Å². The quantitative estimate of drug-likeness (QED) is 0.154. The Balaban J connectivity index is 1.67. The molecule has 2 heterocycles. The number of thiophene rings is 1. The monoisotopic (exact) mass is 572 g/mol. The SMILES string of the molecule is [C-]#[N+]c1sccc1-c1c(-c2cccc(C3CC3C(=O)OC)c2)n(S(=O)(=O)c2ccc(Cl)cc2)c2ccccc12. The molecule has 3 aromatic carbocycles. The van der Waals surface area contributed by atoms with E-state index >= 15 is 0 Å². The highest BCUT2D eigenvalue weighted by molar-refractivity contribution is 7.90. The Hall–Kier alpha value is -3.90. The molecule has 0 aliphatic heterocycles. The number of carbonyl (C=O) groups excluding carboxylic acids is 1. The summed E-state index contributed by atoms with van der Waals surface area (Å²) in [7, 11) is -2.70. The van der Waals surface area contributed by atoms with Gasteiger partial charge >= 0.3 is 5.97 Å². The zero-order valence-corrected chi connectivity index (χ0v) is 23.1. The number of fused-ring (bicyclic) bond motifs is 1. The van der Waals surface area contributed by atoms with Crippen molar-refractivity contribution in [1.82, 2.24) is 3.97 Å². The van der Waals surface area contributed by atoms with Crippen LogP contribution in [0.25, 0.3) is 38.1 Å². The highest BCUT2D eigenvalue weighted by Crippen LogP contribution is 2.51. The third-order valence-corrected chi connectivity index (χ3v) is 9.87. The van der Waals surface area contributed by atoms with Crippen LogP contribution in [0.4, 0.5) is 5.00 Å². The summed E-state index contributed by atoms with van der Waals surface area (Å²) in [6, 6.07) is 22.9. The summed E-state index contributed by atoms with van der Waals surface area (Å²) < 4.78 is 34.9. The number of nitrogens with zero attached hydrogens (tertiary/aromatic N) is 2. The van der Waals surface area contributed by atoms with Crippen LogP contribution in [0, 0.1) is 12.5 Å². The molecular formula is C30H21ClN2O4S2. The number of halogens is 1. The Labute approximate surface area is 234 Å². The Morgan fingerprint density at radius 1 is 1.08 bits per heavy atom. The second-order valence-electron chi connectivity index (χ2n) is 9.31. The Bertz CT molecular complexity index is 1900. The van der Waals surface area contributed by atoms with Crippen LogP contribution in [0.3, 0.4) is 0 Å². The van der Waals surface area contributed by atoms with Gasteiger partial charge in [-0.05, 0) is 59.7 Å². The van der Waals surface area contributed by atoms with E-state index in [9.17, 15) is 13.2 Å². The van der Waals surface area contributed by atoms with Gasteiger partial charge in [-0.15, -0.1) is 0 Å². The van der Waals surface area contributed by atoms with Crippen molar-refractivity contribution in [3.63, 3.8) is 0 Å². The highest BCUT2D eigenvalue weighted by atomic mass is 35.5. The summed E-state index contributed by atoms with van der Waals surface area (Å²) in [6.07, 6.45) is 0.682. The van der Waals surface area contributed by atoms with E-state index in [4.69, 9.17) is 22.9 Å². The number of esters is 1. The van der Waals surface area contributed by atoms with E-state index in [1.165, 1.54) is 34.6 Å². The highest BCUT2D eigenvalue weighted by Gasteiger charge is 2.45. The molecule has 2 atom stereocenters. The molecular weight excluding hydrogens is 552 g/mol. The van der Waals surface area contributed by atoms with E-state index in [2.05, 4.69) is 4.85 Å². The number of hydrogen-bond donors (Lipinski definition) is 0. The van der Waals surface area contributed by atoms with E-state index in [-0.39, 0.29) is 22.7 Å². The van der Waals surface area contributed by atoms with Gasteiger partial charge in [0, 0.05) is 27.1 Å². The van der Waals surface area contributed by atoms with Crippen LogP contribution in [0.2, 0.25) is 5.02 Å². The first kappa shape index (κ1) is 25.4. The molecule has 0 radical (unpaired) electrons. The fraction of sp³-hybridized carbons (Fsp3) is 0.133. The second kappa shape index (κ2) is 9.69. The predicted molar refractivity (Wildman–Crippen MR) is 154 cm³/mol. The summed E-state index contributed by atoms with van der Waals surface area (Å²) in [4.78, 5) is 16.0. The van der Waals surface area contributed by atoms with Crippen LogP contribution in [-0.4, -0.2) is 25.5 Å². The van der Waals surface area contributed by atoms with Gasteiger partial charge in [0.2, 0.25) is 5.00 Å². The summed E-state index contributed by atoms with van der Waals surface area (Å²) >= 11 is 7.39. The lowest BCUT2D eigenvalue weighted by molar-refractivity contribution is -0.142. The molecule has 2 aromatic heterocycles. The average Bonchev–Trinajstić information content (AvgIpc) is 3.48. The maximum atomic E-state index is 14.3. The lowest BCUT2D eigenvalue weighted by Gasteiger charge is -2.15. The Morgan fingerprint density at radius 3 is 2.59 bits per heavy atom. The van der Waals surface area contributed by atoms with Gasteiger partial charge < -0.3 is 4.74 Å². The third-order valence-electron chi connectivity index (χ3n) is 7.08. The molecule has 2 unspecified atom stereocenters. The van der Waals surface area contributed by atoms with Crippen LogP contribution < -0.4 is 0 Å². The van der Waals surface area contributed by atoms with Gasteiger partial charge in [0.25, 0.3) is 10.0 Å². The largest absolute Gasteiger partial charge is 0.469 e. The summed E-state index contributed by atoms with van der Waals surface area (Å²) in [5, 5.41) is 3.47. The van der Waals surface area contributed by atoms with Crippen molar-refractivity contribution in [1.29, 1.82) is 0 Å². The van der Waals surface area contributed by atoms with Gasteiger partial charge in [0.1, 0.15) is 0 Å². The van der Waals surface area contributed by atoms with Crippen molar-refractivity contribution in [2.45, 2.75) is 17.2 Å². The van der Waals surface area contributed by atoms with Gasteiger partial charge in [-0.1, -0.05) is 54.1 Å². The lowest BCUT2D eigenvalue weighted by Crippen LogP contribution is -2.14. The number of para-hydroxylation sites is 1. The molecule has 6 nitrogen and oxygen atoms in total. The van der Waals surface area contributed by atoms with Crippen molar-refractivity contribution >= 4 is 54.8 Å². The molecule has 1 saturated carbocycles. The number of rotatable bonds is 6. The molecule has 0 amide bonds. The van der Waals surface area contributed by atoms with Crippen LogP contribution in [-0.2, 0) is 19.6 Å². The maximum absolute atomic E-state index is 14.3. The first-order chi connectivity index (χ1) is 18.8. The van der Waals surface area contributed by atoms with E-state index in [0.29, 0.717) is 44.3 Å². The van der Waals surface area contributed by atoms with Gasteiger partial charge in [0.05, 0.1) is 35.7 Å². The fourth-order valence-corrected chi connectivity index (χ4v) is 7.53. The minimum Gasteiger partial charge on any atom is -0.469 e. The minimum atomic E-state index is -4.09. The van der Waals surface area contributed by atoms with E-state index in [1.54, 1.807) is 24.3 Å². The first-order valence-corrected chi connectivity index (χ1v) is 14.8. The van der Waals surface area contributed by atoms with Gasteiger partial charge in [-0.3, -0.25) is 4.79 Å². The Kier molecular flexibility index (Phi) is 6.31. The van der Waals surface area contributed by atoms with Crippen molar-refractivity contribution in [3.8, 4) is 22.4 Å². The molecule has 6 rings (SSSR count). The molecule has 5 aromatic rings. The summed E-state index contributed by atoms with van der Waals surface area (Å²) in [5.74, 6) is -0.448. The summed E-state index contributed by atoms with van der Waals surface area (Å²) in [6.45, 7) is 7.75. The van der Waals surface area contributed by atoms with Crippen LogP contribution >= 0.6 is 22.9 Å². The Morgan fingerprint density at radius 2 is 1.85 bits per heavy atom. The first-order valence-electron chi connectivity index (χ1n) is 12.1. The molecule has 0 saturated heterocycles. The number of benzene rings is 3. The predicted octanol–water partition coefficient (Wildman–Crippen LogP) is 7.75. The zero-order valence-electron chi connectivity index (χ0n) is 20.7. The maximum Gasteiger partial charge on any atom is 0.309 e. The molecule has 39 heavy (non-hydrogen) atoms. The minimum absolute atomic E-state index is 0.00602. The van der Waals surface area contributed by atoms with Crippen LogP contribution in [0.15, 0.2) is 89.1 Å². The van der Waals surface area contributed by atoms with Crippen molar-refractivity contribution in [3.05, 3.63) is 106 Å². The van der Waals surface area contributed by atoms with Crippen LogP contribution in [0.1, 0.15) is 17.9 Å². The van der Waals surface area contributed by atoms with Gasteiger partial charge in [-0.25, -0.2) is 17.2 Å². The molecule has 0 spiro atoms. The molecule has 9 heteroatoms. The van der Waals surface area contributed by atoms with Crippen molar-refractivity contribution < 1.29 is 17.9 Å². The number of aromatic nitrogens is 1. The molecule has 0 bridgehead atoms. The molecule has 1 aliphatic rings. The van der Waals surface area contributed by atoms with E-state index < -0.39 is 10.0 Å².